The van der Waals surface area contributed by atoms with E-state index in [0.29, 0.717) is 24.9 Å². The predicted octanol–water partition coefficient (Wildman–Crippen LogP) is 2.75. The van der Waals surface area contributed by atoms with Crippen molar-refractivity contribution in [1.29, 1.82) is 0 Å². The van der Waals surface area contributed by atoms with Crippen molar-refractivity contribution < 1.29 is 22.4 Å². The van der Waals surface area contributed by atoms with Gasteiger partial charge in [-0.25, -0.2) is 12.8 Å². The molecule has 2 aromatic rings. The smallest absolute Gasteiger partial charge is 0.243 e. The van der Waals surface area contributed by atoms with Crippen LogP contribution < -0.4 is 5.32 Å². The number of hydrogen-bond donors (Lipinski definition) is 1. The molecule has 0 spiro atoms. The minimum absolute atomic E-state index is 0.0874. The molecule has 1 amide bonds. The lowest BCUT2D eigenvalue weighted by Gasteiger charge is -2.30. The molecule has 1 fully saturated rings. The number of halogens is 1. The molecule has 0 aromatic heterocycles. The fraction of sp³-hybridized carbons (Fsp3) is 0.333. The number of nitrogens with one attached hydrogen (secondary N) is 1. The Bertz CT molecular complexity index is 998. The highest BCUT2D eigenvalue weighted by molar-refractivity contribution is 7.89. The second kappa shape index (κ2) is 8.84. The van der Waals surface area contributed by atoms with Crippen LogP contribution in [-0.2, 0) is 21.4 Å². The van der Waals surface area contributed by atoms with E-state index >= 15 is 0 Å². The van der Waals surface area contributed by atoms with Crippen LogP contribution in [-0.4, -0.2) is 37.5 Å². The maximum atomic E-state index is 12.9. The molecule has 29 heavy (non-hydrogen) atoms. The highest BCUT2D eigenvalue weighted by Gasteiger charge is 2.32. The number of amides is 1. The number of carbonyl (C=O) groups excluding carboxylic acids is 2. The lowest BCUT2D eigenvalue weighted by Crippen LogP contribution is -2.42. The Morgan fingerprint density at radius 1 is 1.10 bits per heavy atom. The molecule has 6 nitrogen and oxygen atoms in total. The first-order valence-corrected chi connectivity index (χ1v) is 10.8. The summed E-state index contributed by atoms with van der Waals surface area (Å²) in [4.78, 5) is 24.0. The molecule has 8 heteroatoms. The van der Waals surface area contributed by atoms with E-state index in [-0.39, 0.29) is 41.4 Å². The zero-order valence-corrected chi connectivity index (χ0v) is 16.9. The van der Waals surface area contributed by atoms with Crippen LogP contribution in [0.15, 0.2) is 53.4 Å². The molecule has 0 bridgehead atoms. The van der Waals surface area contributed by atoms with Crippen molar-refractivity contribution >= 4 is 21.7 Å². The zero-order valence-electron chi connectivity index (χ0n) is 16.1. The Morgan fingerprint density at radius 2 is 1.76 bits per heavy atom. The molecule has 0 unspecified atom stereocenters. The number of Topliss-reactive ketones (excluding diaryl/α,β-unsaturated/α-hetero) is 1. The first kappa shape index (κ1) is 21.1. The monoisotopic (exact) mass is 418 g/mol. The van der Waals surface area contributed by atoms with Gasteiger partial charge < -0.3 is 5.32 Å². The Hall–Kier alpha value is -2.58. The molecular formula is C21H23FN2O4S. The topological polar surface area (TPSA) is 83.6 Å². The van der Waals surface area contributed by atoms with E-state index in [9.17, 15) is 22.4 Å². The molecular weight excluding hydrogens is 395 g/mol. The summed E-state index contributed by atoms with van der Waals surface area (Å²) in [5, 5.41) is 2.83. The van der Waals surface area contributed by atoms with Crippen LogP contribution in [0.4, 0.5) is 4.39 Å². The van der Waals surface area contributed by atoms with Gasteiger partial charge in [0, 0.05) is 31.1 Å². The van der Waals surface area contributed by atoms with E-state index in [2.05, 4.69) is 5.32 Å². The van der Waals surface area contributed by atoms with Gasteiger partial charge in [0.15, 0.2) is 5.78 Å². The average molecular weight is 418 g/mol. The number of ketones is 1. The predicted molar refractivity (Wildman–Crippen MR) is 106 cm³/mol. The summed E-state index contributed by atoms with van der Waals surface area (Å²) in [6.45, 7) is 2.17. The molecule has 1 aliphatic rings. The number of benzene rings is 2. The third-order valence-electron chi connectivity index (χ3n) is 5.08. The van der Waals surface area contributed by atoms with Gasteiger partial charge >= 0.3 is 0 Å². The first-order valence-electron chi connectivity index (χ1n) is 9.40. The van der Waals surface area contributed by atoms with Crippen molar-refractivity contribution in [3.63, 3.8) is 0 Å². The van der Waals surface area contributed by atoms with Crippen molar-refractivity contribution in [2.75, 3.05) is 13.1 Å². The Labute approximate surface area is 169 Å². The van der Waals surface area contributed by atoms with E-state index in [1.54, 1.807) is 24.3 Å². The summed E-state index contributed by atoms with van der Waals surface area (Å²) in [7, 11) is -3.71. The second-order valence-electron chi connectivity index (χ2n) is 7.11. The summed E-state index contributed by atoms with van der Waals surface area (Å²) >= 11 is 0. The second-order valence-corrected chi connectivity index (χ2v) is 9.04. The van der Waals surface area contributed by atoms with E-state index in [1.165, 1.54) is 35.5 Å². The third-order valence-corrected chi connectivity index (χ3v) is 6.98. The van der Waals surface area contributed by atoms with E-state index < -0.39 is 10.0 Å². The number of hydrogen-bond acceptors (Lipinski definition) is 4. The molecule has 0 saturated carbocycles. The van der Waals surface area contributed by atoms with Crippen LogP contribution in [0.25, 0.3) is 0 Å². The third kappa shape index (κ3) is 5.07. The molecule has 0 atom stereocenters. The highest BCUT2D eigenvalue weighted by atomic mass is 32.2. The normalized spacial score (nSPS) is 15.8. The van der Waals surface area contributed by atoms with Gasteiger partial charge in [0.05, 0.1) is 4.90 Å². The number of nitrogens with zero attached hydrogens (tertiary/aromatic N) is 1. The quantitative estimate of drug-likeness (QED) is 0.731. The first-order chi connectivity index (χ1) is 13.8. The van der Waals surface area contributed by atoms with Crippen molar-refractivity contribution in [2.24, 2.45) is 5.92 Å². The van der Waals surface area contributed by atoms with Crippen molar-refractivity contribution in [3.8, 4) is 0 Å². The lowest BCUT2D eigenvalue weighted by atomic mass is 9.97. The van der Waals surface area contributed by atoms with Crippen LogP contribution >= 0.6 is 0 Å². The summed E-state index contributed by atoms with van der Waals surface area (Å²) in [5.74, 6) is -0.934. The Kier molecular flexibility index (Phi) is 6.44. The van der Waals surface area contributed by atoms with Gasteiger partial charge in [-0.3, -0.25) is 9.59 Å². The molecule has 0 radical (unpaired) electrons. The van der Waals surface area contributed by atoms with Crippen LogP contribution in [0.5, 0.6) is 0 Å². The fourth-order valence-electron chi connectivity index (χ4n) is 3.32. The average Bonchev–Trinajstić information content (AvgIpc) is 2.73. The van der Waals surface area contributed by atoms with Crippen LogP contribution in [0.1, 0.15) is 35.7 Å². The molecule has 1 N–H and O–H groups in total. The van der Waals surface area contributed by atoms with E-state index in [1.807, 2.05) is 0 Å². The molecule has 154 valence electrons. The van der Waals surface area contributed by atoms with Crippen LogP contribution in [0.2, 0.25) is 0 Å². The number of sulfonamides is 1. The largest absolute Gasteiger partial charge is 0.352 e. The molecule has 3 rings (SSSR count). The van der Waals surface area contributed by atoms with Gasteiger partial charge in [-0.2, -0.15) is 4.31 Å². The zero-order chi connectivity index (χ0) is 21.0. The Morgan fingerprint density at radius 3 is 2.38 bits per heavy atom. The Balaban J connectivity index is 1.58. The fourth-order valence-corrected chi connectivity index (χ4v) is 4.83. The lowest BCUT2D eigenvalue weighted by molar-refractivity contribution is -0.126. The molecule has 0 aliphatic carbocycles. The van der Waals surface area contributed by atoms with Gasteiger partial charge in [0.2, 0.25) is 15.9 Å². The van der Waals surface area contributed by atoms with Gasteiger partial charge in [0.1, 0.15) is 5.82 Å². The van der Waals surface area contributed by atoms with Crippen LogP contribution in [0.3, 0.4) is 0 Å². The van der Waals surface area contributed by atoms with Gasteiger partial charge in [-0.1, -0.05) is 24.3 Å². The van der Waals surface area contributed by atoms with Crippen LogP contribution in [0, 0.1) is 11.7 Å². The minimum atomic E-state index is -3.71. The molecule has 1 heterocycles. The molecule has 1 saturated heterocycles. The number of carbonyl (C=O) groups is 2. The minimum Gasteiger partial charge on any atom is -0.352 e. The van der Waals surface area contributed by atoms with Crippen molar-refractivity contribution in [3.05, 3.63) is 65.5 Å². The highest BCUT2D eigenvalue weighted by Crippen LogP contribution is 2.24. The SMILES string of the molecule is CC(=O)c1cccc(S(=O)(=O)N2CCC(C(=O)NCc3ccc(F)cc3)CC2)c1. The summed E-state index contributed by atoms with van der Waals surface area (Å²) in [5.41, 5.74) is 1.14. The van der Waals surface area contributed by atoms with Gasteiger partial charge in [-0.15, -0.1) is 0 Å². The van der Waals surface area contributed by atoms with Gasteiger partial charge in [0.25, 0.3) is 0 Å². The maximum Gasteiger partial charge on any atom is 0.243 e. The summed E-state index contributed by atoms with van der Waals surface area (Å²) in [6.07, 6.45) is 0.835. The number of piperidine rings is 1. The van der Waals surface area contributed by atoms with Gasteiger partial charge in [-0.05, 0) is 49.6 Å². The van der Waals surface area contributed by atoms with Crippen molar-refractivity contribution in [2.45, 2.75) is 31.2 Å². The van der Waals surface area contributed by atoms with E-state index in [4.69, 9.17) is 0 Å². The summed E-state index contributed by atoms with van der Waals surface area (Å²) in [6, 6.07) is 11.9. The maximum absolute atomic E-state index is 12.9. The molecule has 1 aliphatic heterocycles. The molecule has 2 aromatic carbocycles. The standard InChI is InChI=1S/C21H23FN2O4S/c1-15(25)18-3-2-4-20(13-18)29(27,28)24-11-9-17(10-12-24)21(26)23-14-16-5-7-19(22)8-6-16/h2-8,13,17H,9-12,14H2,1H3,(H,23,26). The van der Waals surface area contributed by atoms with Crippen molar-refractivity contribution in [1.82, 2.24) is 9.62 Å². The van der Waals surface area contributed by atoms with E-state index in [0.717, 1.165) is 5.56 Å². The number of rotatable bonds is 6. The summed E-state index contributed by atoms with van der Waals surface area (Å²) < 4.78 is 40.0.